The normalized spacial score (nSPS) is 11.1. The molecule has 0 aliphatic rings. The van der Waals surface area contributed by atoms with E-state index in [1.54, 1.807) is 18.3 Å². The number of benzene rings is 2. The molecular formula is C22H22FN3O. The highest BCUT2D eigenvalue weighted by molar-refractivity contribution is 6.04. The first-order valence-electron chi connectivity index (χ1n) is 8.72. The van der Waals surface area contributed by atoms with Gasteiger partial charge in [0.05, 0.1) is 11.9 Å². The summed E-state index contributed by atoms with van der Waals surface area (Å²) in [5, 5.41) is 5.98. The largest absolute Gasteiger partial charge is 0.340 e. The van der Waals surface area contributed by atoms with Gasteiger partial charge in [-0.2, -0.15) is 0 Å². The van der Waals surface area contributed by atoms with Gasteiger partial charge in [0.25, 0.3) is 5.91 Å². The maximum Gasteiger partial charge on any atom is 0.255 e. The first-order chi connectivity index (χ1) is 12.8. The van der Waals surface area contributed by atoms with Crippen molar-refractivity contribution in [3.8, 4) is 0 Å². The highest BCUT2D eigenvalue weighted by Crippen LogP contribution is 2.24. The summed E-state index contributed by atoms with van der Waals surface area (Å²) in [7, 11) is 0. The van der Waals surface area contributed by atoms with Gasteiger partial charge >= 0.3 is 0 Å². The van der Waals surface area contributed by atoms with Gasteiger partial charge in [-0.1, -0.05) is 32.9 Å². The minimum atomic E-state index is -0.376. The zero-order valence-electron chi connectivity index (χ0n) is 15.6. The predicted octanol–water partition coefficient (Wildman–Crippen LogP) is 5.51. The number of hydrogen-bond donors (Lipinski definition) is 2. The molecule has 0 spiro atoms. The third kappa shape index (κ3) is 4.91. The minimum Gasteiger partial charge on any atom is -0.340 e. The number of pyridine rings is 1. The van der Waals surface area contributed by atoms with E-state index in [1.807, 2.05) is 12.1 Å². The van der Waals surface area contributed by atoms with Crippen LogP contribution in [0.4, 0.5) is 21.6 Å². The molecule has 2 aromatic carbocycles. The predicted molar refractivity (Wildman–Crippen MR) is 107 cm³/mol. The van der Waals surface area contributed by atoms with Gasteiger partial charge in [-0.25, -0.2) is 9.37 Å². The summed E-state index contributed by atoms with van der Waals surface area (Å²) < 4.78 is 12.9. The Bertz CT molecular complexity index is 912. The van der Waals surface area contributed by atoms with E-state index in [4.69, 9.17) is 0 Å². The first kappa shape index (κ1) is 18.6. The Labute approximate surface area is 158 Å². The summed E-state index contributed by atoms with van der Waals surface area (Å²) in [5.41, 5.74) is 3.27. The molecule has 0 aliphatic heterocycles. The van der Waals surface area contributed by atoms with Crippen LogP contribution in [-0.4, -0.2) is 10.9 Å². The van der Waals surface area contributed by atoms with Gasteiger partial charge in [-0.3, -0.25) is 4.79 Å². The van der Waals surface area contributed by atoms with Crippen LogP contribution in [-0.2, 0) is 5.41 Å². The van der Waals surface area contributed by atoms with Crippen molar-refractivity contribution < 1.29 is 9.18 Å². The third-order valence-electron chi connectivity index (χ3n) is 4.15. The topological polar surface area (TPSA) is 54.0 Å². The molecule has 0 atom stereocenters. The summed E-state index contributed by atoms with van der Waals surface area (Å²) in [6.07, 6.45) is 1.58. The van der Waals surface area contributed by atoms with Gasteiger partial charge in [0.15, 0.2) is 0 Å². The number of rotatable bonds is 4. The maximum absolute atomic E-state index is 12.9. The molecule has 3 rings (SSSR count). The second-order valence-corrected chi connectivity index (χ2v) is 7.35. The molecule has 0 aliphatic carbocycles. The summed E-state index contributed by atoms with van der Waals surface area (Å²) >= 11 is 0. The molecule has 0 fully saturated rings. The molecule has 3 aromatic rings. The summed E-state index contributed by atoms with van der Waals surface area (Å²) in [6, 6.07) is 17.2. The fraction of sp³-hybridized carbons (Fsp3) is 0.182. The molecule has 1 aromatic heterocycles. The van der Waals surface area contributed by atoms with Gasteiger partial charge < -0.3 is 10.6 Å². The van der Waals surface area contributed by atoms with Crippen molar-refractivity contribution in [3.63, 3.8) is 0 Å². The number of aromatic nitrogens is 1. The van der Waals surface area contributed by atoms with Gasteiger partial charge in [0.1, 0.15) is 11.6 Å². The fourth-order valence-corrected chi connectivity index (χ4v) is 2.55. The molecule has 27 heavy (non-hydrogen) atoms. The second kappa shape index (κ2) is 7.58. The molecule has 2 N–H and O–H groups in total. The second-order valence-electron chi connectivity index (χ2n) is 7.35. The van der Waals surface area contributed by atoms with Crippen molar-refractivity contribution in [2.45, 2.75) is 26.2 Å². The Kier molecular flexibility index (Phi) is 5.21. The Hall–Kier alpha value is -3.21. The molecular weight excluding hydrogens is 341 g/mol. The Morgan fingerprint density at radius 2 is 1.52 bits per heavy atom. The van der Waals surface area contributed by atoms with E-state index in [9.17, 15) is 9.18 Å². The van der Waals surface area contributed by atoms with E-state index in [2.05, 4.69) is 48.5 Å². The van der Waals surface area contributed by atoms with Crippen LogP contribution in [0.2, 0.25) is 0 Å². The lowest BCUT2D eigenvalue weighted by Gasteiger charge is -2.19. The zero-order valence-corrected chi connectivity index (χ0v) is 15.6. The molecule has 0 saturated carbocycles. The fourth-order valence-electron chi connectivity index (χ4n) is 2.55. The van der Waals surface area contributed by atoms with Crippen molar-refractivity contribution in [1.82, 2.24) is 4.98 Å². The standard InChI is InChI=1S/C22H22FN3O/c1-22(2,3)16-6-10-18(11-7-16)25-20-13-12-19(14-24-20)26-21(27)15-4-8-17(23)9-5-15/h4-14H,1-3H3,(H,24,25)(H,26,27). The van der Waals surface area contributed by atoms with E-state index in [0.29, 0.717) is 17.1 Å². The van der Waals surface area contributed by atoms with E-state index in [0.717, 1.165) is 5.69 Å². The van der Waals surface area contributed by atoms with E-state index >= 15 is 0 Å². The number of anilines is 3. The molecule has 1 amide bonds. The highest BCUT2D eigenvalue weighted by Gasteiger charge is 2.13. The van der Waals surface area contributed by atoms with Gasteiger partial charge in [0.2, 0.25) is 0 Å². The van der Waals surface area contributed by atoms with Gasteiger partial charge in [-0.05, 0) is 59.5 Å². The molecule has 138 valence electrons. The Morgan fingerprint density at radius 1 is 0.889 bits per heavy atom. The van der Waals surface area contributed by atoms with E-state index < -0.39 is 0 Å². The van der Waals surface area contributed by atoms with Crippen LogP contribution in [0.5, 0.6) is 0 Å². The summed E-state index contributed by atoms with van der Waals surface area (Å²) in [5.74, 6) is -0.00672. The van der Waals surface area contributed by atoms with Crippen molar-refractivity contribution in [3.05, 3.63) is 83.8 Å². The lowest BCUT2D eigenvalue weighted by Crippen LogP contribution is -2.12. The van der Waals surface area contributed by atoms with Crippen LogP contribution in [0, 0.1) is 5.82 Å². The van der Waals surface area contributed by atoms with Crippen LogP contribution in [0.25, 0.3) is 0 Å². The maximum atomic E-state index is 12.9. The number of nitrogens with one attached hydrogen (secondary N) is 2. The van der Waals surface area contributed by atoms with Crippen LogP contribution >= 0.6 is 0 Å². The van der Waals surface area contributed by atoms with Gasteiger partial charge in [-0.15, -0.1) is 0 Å². The summed E-state index contributed by atoms with van der Waals surface area (Å²) in [6.45, 7) is 6.53. The van der Waals surface area contributed by atoms with Crippen LogP contribution in [0.1, 0.15) is 36.7 Å². The molecule has 1 heterocycles. The van der Waals surface area contributed by atoms with E-state index in [-0.39, 0.29) is 17.1 Å². The first-order valence-corrected chi connectivity index (χ1v) is 8.72. The molecule has 0 saturated heterocycles. The number of nitrogens with zero attached hydrogens (tertiary/aromatic N) is 1. The zero-order chi connectivity index (χ0) is 19.4. The Balaban J connectivity index is 1.63. The molecule has 0 unspecified atom stereocenters. The third-order valence-corrected chi connectivity index (χ3v) is 4.15. The van der Waals surface area contributed by atoms with Crippen molar-refractivity contribution in [1.29, 1.82) is 0 Å². The molecule has 0 bridgehead atoms. The van der Waals surface area contributed by atoms with Crippen LogP contribution in [0.3, 0.4) is 0 Å². The Morgan fingerprint density at radius 3 is 2.07 bits per heavy atom. The average molecular weight is 363 g/mol. The molecule has 5 heteroatoms. The van der Waals surface area contributed by atoms with Crippen molar-refractivity contribution in [2.24, 2.45) is 0 Å². The van der Waals surface area contributed by atoms with Crippen LogP contribution in [0.15, 0.2) is 66.9 Å². The molecule has 0 radical (unpaired) electrons. The number of halogens is 1. The van der Waals surface area contributed by atoms with Crippen molar-refractivity contribution >= 4 is 23.1 Å². The number of carbonyl (C=O) groups excluding carboxylic acids is 1. The highest BCUT2D eigenvalue weighted by atomic mass is 19.1. The van der Waals surface area contributed by atoms with Crippen molar-refractivity contribution in [2.75, 3.05) is 10.6 Å². The van der Waals surface area contributed by atoms with Crippen LogP contribution < -0.4 is 10.6 Å². The smallest absolute Gasteiger partial charge is 0.255 e. The lowest BCUT2D eigenvalue weighted by molar-refractivity contribution is 0.102. The number of hydrogen-bond acceptors (Lipinski definition) is 3. The van der Waals surface area contributed by atoms with Gasteiger partial charge in [0, 0.05) is 11.3 Å². The average Bonchev–Trinajstić information content (AvgIpc) is 2.63. The van der Waals surface area contributed by atoms with E-state index in [1.165, 1.54) is 29.8 Å². The number of amides is 1. The SMILES string of the molecule is CC(C)(C)c1ccc(Nc2ccc(NC(=O)c3ccc(F)cc3)cn2)cc1. The number of carbonyl (C=O) groups is 1. The molecule has 4 nitrogen and oxygen atoms in total. The minimum absolute atomic E-state index is 0.112. The lowest BCUT2D eigenvalue weighted by atomic mass is 9.87. The monoisotopic (exact) mass is 363 g/mol. The quantitative estimate of drug-likeness (QED) is 0.642. The summed E-state index contributed by atoms with van der Waals surface area (Å²) in [4.78, 5) is 16.5.